The van der Waals surface area contributed by atoms with Gasteiger partial charge in [-0.2, -0.15) is 0 Å². The average molecular weight is 285 g/mol. The number of hydrogen-bond donors (Lipinski definition) is 2. The molecule has 96 valence electrons. The lowest BCUT2D eigenvalue weighted by atomic mass is 10.2. The van der Waals surface area contributed by atoms with E-state index in [-0.39, 0.29) is 12.6 Å². The second-order valence-electron chi connectivity index (χ2n) is 4.06. The molecule has 0 spiro atoms. The summed E-state index contributed by atoms with van der Waals surface area (Å²) in [6.07, 6.45) is 0.819. The topological polar surface area (TPSA) is 45.1 Å². The van der Waals surface area contributed by atoms with Gasteiger partial charge >= 0.3 is 0 Å². The summed E-state index contributed by atoms with van der Waals surface area (Å²) in [7, 11) is 0. The van der Waals surface area contributed by atoms with Gasteiger partial charge in [-0.15, -0.1) is 0 Å². The number of fused-ring (bicyclic) bond motifs is 1. The molecule has 0 aliphatic heterocycles. The zero-order valence-corrected chi connectivity index (χ0v) is 11.5. The Bertz CT molecular complexity index is 556. The van der Waals surface area contributed by atoms with Gasteiger partial charge in [0.15, 0.2) is 0 Å². The number of aromatic nitrogens is 1. The fourth-order valence-electron chi connectivity index (χ4n) is 1.70. The fraction of sp³-hybridized carbons (Fsp3) is 0.308. The van der Waals surface area contributed by atoms with E-state index in [0.29, 0.717) is 21.4 Å². The van der Waals surface area contributed by atoms with Gasteiger partial charge in [0, 0.05) is 5.39 Å². The Balaban J connectivity index is 2.40. The van der Waals surface area contributed by atoms with Crippen LogP contribution in [0.2, 0.25) is 10.0 Å². The average Bonchev–Trinajstić information content (AvgIpc) is 2.40. The van der Waals surface area contributed by atoms with Crippen molar-refractivity contribution in [2.45, 2.75) is 19.4 Å². The van der Waals surface area contributed by atoms with Crippen molar-refractivity contribution >= 4 is 39.9 Å². The van der Waals surface area contributed by atoms with Crippen molar-refractivity contribution in [3.05, 3.63) is 34.3 Å². The standard InChI is InChI=1S/C13H14Cl2N2O/c1-2-9(7-18)16-11-6-4-8-3-5-10(14)12(15)13(8)17-11/h3-6,9,18H,2,7H2,1H3,(H,16,17)/t9-/m1/s1. The highest BCUT2D eigenvalue weighted by atomic mass is 35.5. The van der Waals surface area contributed by atoms with Crippen LogP contribution in [0.3, 0.4) is 0 Å². The van der Waals surface area contributed by atoms with Gasteiger partial charge in [0.05, 0.1) is 28.2 Å². The predicted octanol–water partition coefficient (Wildman–Crippen LogP) is 3.72. The molecule has 2 aromatic rings. The van der Waals surface area contributed by atoms with E-state index >= 15 is 0 Å². The number of anilines is 1. The van der Waals surface area contributed by atoms with E-state index in [1.54, 1.807) is 6.07 Å². The second kappa shape index (κ2) is 5.74. The molecular formula is C13H14Cl2N2O. The summed E-state index contributed by atoms with van der Waals surface area (Å²) in [6, 6.07) is 7.42. The maximum atomic E-state index is 9.16. The van der Waals surface area contributed by atoms with Crippen LogP contribution in [0.1, 0.15) is 13.3 Å². The molecule has 1 aromatic heterocycles. The van der Waals surface area contributed by atoms with Crippen LogP contribution < -0.4 is 5.32 Å². The summed E-state index contributed by atoms with van der Waals surface area (Å²) in [5.41, 5.74) is 0.668. The minimum Gasteiger partial charge on any atom is -0.394 e. The molecule has 0 aliphatic rings. The molecule has 2 N–H and O–H groups in total. The van der Waals surface area contributed by atoms with Gasteiger partial charge in [-0.25, -0.2) is 4.98 Å². The minimum atomic E-state index is -0.00657. The molecule has 1 aromatic carbocycles. The van der Waals surface area contributed by atoms with Gasteiger partial charge in [0.2, 0.25) is 0 Å². The molecule has 0 unspecified atom stereocenters. The van der Waals surface area contributed by atoms with Gasteiger partial charge in [0.1, 0.15) is 5.82 Å². The number of aliphatic hydroxyl groups is 1. The van der Waals surface area contributed by atoms with Crippen LogP contribution in [0.4, 0.5) is 5.82 Å². The third-order valence-electron chi connectivity index (χ3n) is 2.82. The van der Waals surface area contributed by atoms with E-state index in [0.717, 1.165) is 11.8 Å². The Labute approximate surface area is 116 Å². The molecule has 1 heterocycles. The molecule has 0 aliphatic carbocycles. The van der Waals surface area contributed by atoms with Crippen LogP contribution in [-0.2, 0) is 0 Å². The SMILES string of the molecule is CC[C@H](CO)Nc1ccc2ccc(Cl)c(Cl)c2n1. The maximum absolute atomic E-state index is 9.16. The van der Waals surface area contributed by atoms with E-state index in [1.165, 1.54) is 0 Å². The molecule has 5 heteroatoms. The zero-order valence-electron chi connectivity index (χ0n) is 9.95. The lowest BCUT2D eigenvalue weighted by Gasteiger charge is -2.15. The lowest BCUT2D eigenvalue weighted by molar-refractivity contribution is 0.271. The van der Waals surface area contributed by atoms with Crippen molar-refractivity contribution in [3.8, 4) is 0 Å². The van der Waals surface area contributed by atoms with Crippen LogP contribution in [0.5, 0.6) is 0 Å². The molecule has 2 rings (SSSR count). The van der Waals surface area contributed by atoms with Crippen LogP contribution in [0, 0.1) is 0 Å². The Kier molecular flexibility index (Phi) is 4.27. The normalized spacial score (nSPS) is 12.7. The van der Waals surface area contributed by atoms with E-state index in [4.69, 9.17) is 28.3 Å². The first-order valence-electron chi connectivity index (χ1n) is 5.78. The number of rotatable bonds is 4. The number of nitrogens with one attached hydrogen (secondary N) is 1. The van der Waals surface area contributed by atoms with Crippen molar-refractivity contribution in [2.75, 3.05) is 11.9 Å². The van der Waals surface area contributed by atoms with Crippen molar-refractivity contribution in [1.82, 2.24) is 4.98 Å². The highest BCUT2D eigenvalue weighted by Crippen LogP contribution is 2.30. The van der Waals surface area contributed by atoms with Crippen LogP contribution in [0.25, 0.3) is 10.9 Å². The second-order valence-corrected chi connectivity index (χ2v) is 4.85. The molecule has 0 saturated heterocycles. The maximum Gasteiger partial charge on any atom is 0.127 e. The molecule has 1 atom stereocenters. The third-order valence-corrected chi connectivity index (χ3v) is 3.61. The Morgan fingerprint density at radius 1 is 1.28 bits per heavy atom. The van der Waals surface area contributed by atoms with Crippen LogP contribution in [-0.4, -0.2) is 22.7 Å². The van der Waals surface area contributed by atoms with Crippen molar-refractivity contribution in [2.24, 2.45) is 0 Å². The van der Waals surface area contributed by atoms with Gasteiger partial charge in [-0.1, -0.05) is 36.2 Å². The molecule has 0 saturated carbocycles. The summed E-state index contributed by atoms with van der Waals surface area (Å²) >= 11 is 12.1. The lowest BCUT2D eigenvalue weighted by Crippen LogP contribution is -2.23. The number of aliphatic hydroxyl groups excluding tert-OH is 1. The van der Waals surface area contributed by atoms with Gasteiger partial charge < -0.3 is 10.4 Å². The molecular weight excluding hydrogens is 271 g/mol. The van der Waals surface area contributed by atoms with E-state index in [2.05, 4.69) is 10.3 Å². The van der Waals surface area contributed by atoms with E-state index < -0.39 is 0 Å². The predicted molar refractivity (Wildman–Crippen MR) is 76.6 cm³/mol. The monoisotopic (exact) mass is 284 g/mol. The summed E-state index contributed by atoms with van der Waals surface area (Å²) in [5.74, 6) is 0.688. The summed E-state index contributed by atoms with van der Waals surface area (Å²) in [5, 5.41) is 14.2. The highest BCUT2D eigenvalue weighted by Gasteiger charge is 2.09. The largest absolute Gasteiger partial charge is 0.394 e. The molecule has 3 nitrogen and oxygen atoms in total. The van der Waals surface area contributed by atoms with Crippen molar-refractivity contribution in [1.29, 1.82) is 0 Å². The highest BCUT2D eigenvalue weighted by molar-refractivity contribution is 6.45. The van der Waals surface area contributed by atoms with Gasteiger partial charge in [-0.05, 0) is 24.6 Å². The zero-order chi connectivity index (χ0) is 13.1. The number of benzene rings is 1. The quantitative estimate of drug-likeness (QED) is 0.899. The first kappa shape index (κ1) is 13.4. The van der Waals surface area contributed by atoms with E-state index in [9.17, 15) is 0 Å². The van der Waals surface area contributed by atoms with E-state index in [1.807, 2.05) is 25.1 Å². The van der Waals surface area contributed by atoms with Gasteiger partial charge in [0.25, 0.3) is 0 Å². The number of halogens is 2. The Morgan fingerprint density at radius 2 is 2.00 bits per heavy atom. The molecule has 0 amide bonds. The first-order valence-corrected chi connectivity index (χ1v) is 6.53. The van der Waals surface area contributed by atoms with Crippen molar-refractivity contribution in [3.63, 3.8) is 0 Å². The fourth-order valence-corrected chi connectivity index (χ4v) is 2.06. The Hall–Kier alpha value is -1.03. The number of nitrogens with zero attached hydrogens (tertiary/aromatic N) is 1. The molecule has 0 fully saturated rings. The summed E-state index contributed by atoms with van der Waals surface area (Å²) in [4.78, 5) is 4.43. The number of hydrogen-bond acceptors (Lipinski definition) is 3. The first-order chi connectivity index (χ1) is 8.65. The summed E-state index contributed by atoms with van der Waals surface area (Å²) in [6.45, 7) is 2.07. The smallest absolute Gasteiger partial charge is 0.127 e. The van der Waals surface area contributed by atoms with Crippen LogP contribution in [0.15, 0.2) is 24.3 Å². The molecule has 0 bridgehead atoms. The molecule has 18 heavy (non-hydrogen) atoms. The van der Waals surface area contributed by atoms with Crippen molar-refractivity contribution < 1.29 is 5.11 Å². The summed E-state index contributed by atoms with van der Waals surface area (Å²) < 4.78 is 0. The molecule has 0 radical (unpaired) electrons. The van der Waals surface area contributed by atoms with Gasteiger partial charge in [-0.3, -0.25) is 0 Å². The van der Waals surface area contributed by atoms with Crippen LogP contribution >= 0.6 is 23.2 Å². The minimum absolute atomic E-state index is 0.00657. The third kappa shape index (κ3) is 2.69. The Morgan fingerprint density at radius 3 is 2.67 bits per heavy atom. The number of pyridine rings is 1.